The lowest BCUT2D eigenvalue weighted by atomic mass is 10.1. The second-order valence-corrected chi connectivity index (χ2v) is 7.90. The number of rotatable bonds is 5. The van der Waals surface area contributed by atoms with E-state index in [0.717, 1.165) is 38.7 Å². The Hall–Kier alpha value is -1.38. The molecule has 4 fully saturated rings. The molecule has 148 valence electrons. The average Bonchev–Trinajstić information content (AvgIpc) is 2.64. The molecule has 4 aliphatic rings. The zero-order valence-electron chi connectivity index (χ0n) is 16.6. The summed E-state index contributed by atoms with van der Waals surface area (Å²) in [4.78, 5) is 26.1. The number of piperazine rings is 4. The minimum Gasteiger partial charge on any atom is -0.355 e. The summed E-state index contributed by atoms with van der Waals surface area (Å²) in [6, 6.07) is 0.796. The standard InChI is InChI=1S/C18H35N7O/c1-15(2)21-17(26)14-23-6-10-25(11-7-23)18(19-3)20-12-16-13-22-4-8-24(16)9-5-22/h15-16H,4-14H2,1-3H3,(H,19,20)(H,21,26). The van der Waals surface area contributed by atoms with Crippen LogP contribution in [0.4, 0.5) is 0 Å². The van der Waals surface area contributed by atoms with Crippen LogP contribution >= 0.6 is 0 Å². The number of hydrogen-bond acceptors (Lipinski definition) is 5. The second kappa shape index (κ2) is 9.01. The topological polar surface area (TPSA) is 66.5 Å². The summed E-state index contributed by atoms with van der Waals surface area (Å²) < 4.78 is 0. The number of fused-ring (bicyclic) bond motifs is 3. The van der Waals surface area contributed by atoms with E-state index in [4.69, 9.17) is 0 Å². The molecule has 0 spiro atoms. The highest BCUT2D eigenvalue weighted by Gasteiger charge is 2.32. The van der Waals surface area contributed by atoms with Crippen molar-refractivity contribution in [2.24, 2.45) is 4.99 Å². The van der Waals surface area contributed by atoms with Crippen LogP contribution < -0.4 is 10.6 Å². The van der Waals surface area contributed by atoms with Gasteiger partial charge < -0.3 is 15.5 Å². The third kappa shape index (κ3) is 5.08. The third-order valence-electron chi connectivity index (χ3n) is 5.59. The zero-order chi connectivity index (χ0) is 18.5. The Morgan fingerprint density at radius 2 is 1.77 bits per heavy atom. The van der Waals surface area contributed by atoms with Crippen LogP contribution in [-0.4, -0.2) is 123 Å². The molecule has 4 saturated heterocycles. The van der Waals surface area contributed by atoms with Crippen LogP contribution in [0, 0.1) is 0 Å². The van der Waals surface area contributed by atoms with E-state index in [-0.39, 0.29) is 11.9 Å². The lowest BCUT2D eigenvalue weighted by Crippen LogP contribution is -2.64. The normalized spacial score (nSPS) is 29.9. The van der Waals surface area contributed by atoms with Crippen molar-refractivity contribution < 1.29 is 4.79 Å². The van der Waals surface area contributed by atoms with Gasteiger partial charge in [0, 0.05) is 84.6 Å². The number of carbonyl (C=O) groups is 1. The lowest BCUT2D eigenvalue weighted by Gasteiger charge is -2.47. The molecule has 0 aromatic rings. The Morgan fingerprint density at radius 1 is 1.08 bits per heavy atom. The van der Waals surface area contributed by atoms with Crippen LogP contribution in [-0.2, 0) is 4.79 Å². The molecule has 26 heavy (non-hydrogen) atoms. The van der Waals surface area contributed by atoms with Gasteiger partial charge >= 0.3 is 0 Å². The molecule has 0 aromatic carbocycles. The SMILES string of the molecule is CN=C(NCC1CN2CCN1CC2)N1CCN(CC(=O)NC(C)C)CC1. The van der Waals surface area contributed by atoms with Crippen LogP contribution in [0.25, 0.3) is 0 Å². The summed E-state index contributed by atoms with van der Waals surface area (Å²) in [6.07, 6.45) is 0. The van der Waals surface area contributed by atoms with Crippen molar-refractivity contribution in [2.75, 3.05) is 79.0 Å². The largest absolute Gasteiger partial charge is 0.355 e. The number of amides is 1. The van der Waals surface area contributed by atoms with Gasteiger partial charge in [-0.1, -0.05) is 0 Å². The van der Waals surface area contributed by atoms with Crippen LogP contribution in [0.15, 0.2) is 4.99 Å². The van der Waals surface area contributed by atoms with E-state index in [2.05, 4.69) is 35.2 Å². The first-order valence-electron chi connectivity index (χ1n) is 9.99. The minimum absolute atomic E-state index is 0.118. The summed E-state index contributed by atoms with van der Waals surface area (Å²) in [6.45, 7) is 15.1. The number of guanidine groups is 1. The van der Waals surface area contributed by atoms with Crippen molar-refractivity contribution in [1.29, 1.82) is 0 Å². The Morgan fingerprint density at radius 3 is 2.31 bits per heavy atom. The second-order valence-electron chi connectivity index (χ2n) is 7.90. The van der Waals surface area contributed by atoms with E-state index in [1.54, 1.807) is 0 Å². The molecule has 4 aliphatic heterocycles. The Balaban J connectivity index is 1.40. The van der Waals surface area contributed by atoms with Crippen LogP contribution in [0.3, 0.4) is 0 Å². The van der Waals surface area contributed by atoms with Crippen molar-refractivity contribution in [2.45, 2.75) is 25.9 Å². The molecule has 0 radical (unpaired) electrons. The highest BCUT2D eigenvalue weighted by atomic mass is 16.2. The molecule has 8 heteroatoms. The van der Waals surface area contributed by atoms with Gasteiger partial charge in [-0.2, -0.15) is 0 Å². The Kier molecular flexibility index (Phi) is 6.72. The van der Waals surface area contributed by atoms with Gasteiger partial charge in [-0.05, 0) is 13.8 Å². The van der Waals surface area contributed by atoms with E-state index < -0.39 is 0 Å². The van der Waals surface area contributed by atoms with Gasteiger partial charge in [0.05, 0.1) is 6.54 Å². The quantitative estimate of drug-likeness (QED) is 0.467. The molecule has 4 rings (SSSR count). The molecule has 1 unspecified atom stereocenters. The molecule has 0 saturated carbocycles. The lowest BCUT2D eigenvalue weighted by molar-refractivity contribution is -0.123. The molecule has 8 nitrogen and oxygen atoms in total. The maximum absolute atomic E-state index is 11.9. The maximum atomic E-state index is 11.9. The van der Waals surface area contributed by atoms with Crippen LogP contribution in [0.1, 0.15) is 13.8 Å². The van der Waals surface area contributed by atoms with Crippen molar-refractivity contribution >= 4 is 11.9 Å². The zero-order valence-corrected chi connectivity index (χ0v) is 16.6. The van der Waals surface area contributed by atoms with Gasteiger partial charge in [0.15, 0.2) is 5.96 Å². The van der Waals surface area contributed by atoms with Crippen molar-refractivity contribution in [1.82, 2.24) is 30.2 Å². The number of hydrogen-bond donors (Lipinski definition) is 2. The third-order valence-corrected chi connectivity index (χ3v) is 5.59. The minimum atomic E-state index is 0.118. The summed E-state index contributed by atoms with van der Waals surface area (Å²) in [7, 11) is 1.86. The molecular weight excluding hydrogens is 330 g/mol. The predicted octanol–water partition coefficient (Wildman–Crippen LogP) is -1.30. The number of nitrogens with zero attached hydrogens (tertiary/aromatic N) is 5. The first-order chi connectivity index (χ1) is 12.5. The summed E-state index contributed by atoms with van der Waals surface area (Å²) in [5, 5.41) is 6.55. The molecule has 2 bridgehead atoms. The van der Waals surface area contributed by atoms with E-state index in [0.29, 0.717) is 12.6 Å². The van der Waals surface area contributed by atoms with E-state index in [9.17, 15) is 4.79 Å². The van der Waals surface area contributed by atoms with Crippen molar-refractivity contribution in [3.05, 3.63) is 0 Å². The van der Waals surface area contributed by atoms with Crippen LogP contribution in [0.2, 0.25) is 0 Å². The fraction of sp³-hybridized carbons (Fsp3) is 0.889. The smallest absolute Gasteiger partial charge is 0.234 e. The number of carbonyl (C=O) groups excluding carboxylic acids is 1. The van der Waals surface area contributed by atoms with Crippen molar-refractivity contribution in [3.63, 3.8) is 0 Å². The first-order valence-corrected chi connectivity index (χ1v) is 9.99. The molecule has 1 atom stereocenters. The first kappa shape index (κ1) is 19.4. The van der Waals surface area contributed by atoms with E-state index in [1.807, 2.05) is 20.9 Å². The molecule has 0 aliphatic carbocycles. The Bertz CT molecular complexity index is 494. The molecule has 0 aromatic heterocycles. The van der Waals surface area contributed by atoms with Gasteiger partial charge in [0.2, 0.25) is 5.91 Å². The van der Waals surface area contributed by atoms with Gasteiger partial charge in [-0.25, -0.2) is 0 Å². The predicted molar refractivity (Wildman–Crippen MR) is 104 cm³/mol. The Labute approximate surface area is 157 Å². The maximum Gasteiger partial charge on any atom is 0.234 e. The number of nitrogens with one attached hydrogen (secondary N) is 2. The molecule has 2 N–H and O–H groups in total. The summed E-state index contributed by atoms with van der Waals surface area (Å²) in [5.74, 6) is 1.11. The van der Waals surface area contributed by atoms with Gasteiger partial charge in [0.1, 0.15) is 0 Å². The van der Waals surface area contributed by atoms with Gasteiger partial charge in [-0.15, -0.1) is 0 Å². The summed E-state index contributed by atoms with van der Waals surface area (Å²) in [5.41, 5.74) is 0. The molecular formula is C18H35N7O. The highest BCUT2D eigenvalue weighted by molar-refractivity contribution is 5.80. The highest BCUT2D eigenvalue weighted by Crippen LogP contribution is 2.15. The van der Waals surface area contributed by atoms with Crippen LogP contribution in [0.5, 0.6) is 0 Å². The van der Waals surface area contributed by atoms with Crippen molar-refractivity contribution in [3.8, 4) is 0 Å². The van der Waals surface area contributed by atoms with E-state index >= 15 is 0 Å². The van der Waals surface area contributed by atoms with Gasteiger partial charge in [0.25, 0.3) is 0 Å². The van der Waals surface area contributed by atoms with Gasteiger partial charge in [-0.3, -0.25) is 24.5 Å². The fourth-order valence-corrected chi connectivity index (χ4v) is 4.15. The monoisotopic (exact) mass is 365 g/mol. The molecule has 1 amide bonds. The van der Waals surface area contributed by atoms with E-state index in [1.165, 1.54) is 32.7 Å². The fourth-order valence-electron chi connectivity index (χ4n) is 4.15. The molecule has 4 heterocycles. The number of aliphatic imine (C=N–C) groups is 1. The average molecular weight is 366 g/mol. The summed E-state index contributed by atoms with van der Waals surface area (Å²) >= 11 is 0.